The molecule has 11 nitrogen and oxygen atoms in total. The van der Waals surface area contributed by atoms with Crippen LogP contribution in [-0.2, 0) is 38.6 Å². The van der Waals surface area contributed by atoms with Gasteiger partial charge in [-0.15, -0.1) is 0 Å². The largest absolute Gasteiger partial charge is 0.493 e. The Morgan fingerprint density at radius 1 is 0.913 bits per heavy atom. The molecule has 2 aliphatic rings. The van der Waals surface area contributed by atoms with Crippen LogP contribution in [-0.4, -0.2) is 60.4 Å². The van der Waals surface area contributed by atoms with Crippen LogP contribution >= 0.6 is 0 Å². The van der Waals surface area contributed by atoms with Crippen LogP contribution in [0.2, 0.25) is 0 Å². The summed E-state index contributed by atoms with van der Waals surface area (Å²) in [6, 6.07) is 19.4. The van der Waals surface area contributed by atoms with Crippen molar-refractivity contribution in [1.29, 1.82) is 0 Å². The number of hydrogen-bond donors (Lipinski definition) is 4. The Labute approximate surface area is 269 Å². The first kappa shape index (κ1) is 33.4. The molecular formula is C35H43N3O8. The van der Waals surface area contributed by atoms with Crippen LogP contribution in [0, 0.1) is 0 Å². The highest BCUT2D eigenvalue weighted by molar-refractivity contribution is 5.90. The van der Waals surface area contributed by atoms with Gasteiger partial charge in [-0.05, 0) is 65.8 Å². The van der Waals surface area contributed by atoms with Gasteiger partial charge in [0, 0.05) is 50.1 Å². The number of rotatable bonds is 13. The summed E-state index contributed by atoms with van der Waals surface area (Å²) >= 11 is 0. The minimum atomic E-state index is -0.656. The molecule has 246 valence electrons. The molecule has 2 aliphatic heterocycles. The smallest absolute Gasteiger partial charge is 0.243 e. The van der Waals surface area contributed by atoms with Gasteiger partial charge in [-0.3, -0.25) is 19.7 Å². The zero-order valence-corrected chi connectivity index (χ0v) is 26.4. The van der Waals surface area contributed by atoms with Crippen molar-refractivity contribution in [3.63, 3.8) is 0 Å². The molecule has 4 N–H and O–H groups in total. The Hall–Kier alpha value is -4.00. The molecule has 5 rings (SSSR count). The fourth-order valence-corrected chi connectivity index (χ4v) is 6.03. The van der Waals surface area contributed by atoms with Gasteiger partial charge in [0.05, 0.1) is 33.0 Å². The zero-order chi connectivity index (χ0) is 32.5. The van der Waals surface area contributed by atoms with E-state index in [-0.39, 0.29) is 37.6 Å². The lowest BCUT2D eigenvalue weighted by atomic mass is 9.97. The standard InChI is InChI=1S/C35H43N3O8/c1-43-31-17-25-14-15-38(20-27(25)18-32(31)44-2)21-29-19-30(24-12-10-23(22-39)11-13-24)46-35(45-29)26-6-5-7-28(16-26)36-33(40)8-3-4-9-34(41)37-42/h5-7,10-13,16-18,29-30,35,39,42H,3-4,8-9,14-15,19-22H2,1-2H3,(H,36,40)(H,37,41). The molecule has 0 spiro atoms. The zero-order valence-electron chi connectivity index (χ0n) is 26.4. The van der Waals surface area contributed by atoms with Crippen LogP contribution in [0.5, 0.6) is 11.5 Å². The summed E-state index contributed by atoms with van der Waals surface area (Å²) in [5.41, 5.74) is 7.34. The van der Waals surface area contributed by atoms with Crippen molar-refractivity contribution >= 4 is 17.5 Å². The quantitative estimate of drug-likeness (QED) is 0.119. The van der Waals surface area contributed by atoms with Gasteiger partial charge in [-0.25, -0.2) is 5.48 Å². The molecule has 0 saturated carbocycles. The Balaban J connectivity index is 1.29. The Morgan fingerprint density at radius 3 is 2.33 bits per heavy atom. The molecule has 3 unspecified atom stereocenters. The number of ether oxygens (including phenoxy) is 4. The molecule has 11 heteroatoms. The van der Waals surface area contributed by atoms with E-state index in [2.05, 4.69) is 22.3 Å². The average molecular weight is 634 g/mol. The van der Waals surface area contributed by atoms with Crippen LogP contribution in [0.3, 0.4) is 0 Å². The molecule has 3 atom stereocenters. The third-order valence-electron chi connectivity index (χ3n) is 8.50. The van der Waals surface area contributed by atoms with E-state index in [9.17, 15) is 14.7 Å². The summed E-state index contributed by atoms with van der Waals surface area (Å²) in [5.74, 6) is 0.836. The number of aliphatic hydroxyl groups is 1. The molecule has 2 heterocycles. The number of anilines is 1. The monoisotopic (exact) mass is 633 g/mol. The molecule has 0 bridgehead atoms. The summed E-state index contributed by atoms with van der Waals surface area (Å²) in [6.45, 7) is 2.34. The maximum absolute atomic E-state index is 12.6. The minimum Gasteiger partial charge on any atom is -0.493 e. The van der Waals surface area contributed by atoms with E-state index in [1.165, 1.54) is 11.1 Å². The number of unbranched alkanes of at least 4 members (excludes halogenated alkanes) is 1. The minimum absolute atomic E-state index is 0.0240. The number of aliphatic hydroxyl groups excluding tert-OH is 1. The van der Waals surface area contributed by atoms with Crippen molar-refractivity contribution in [2.45, 2.75) is 70.2 Å². The number of methoxy groups -OCH3 is 2. The third kappa shape index (κ3) is 8.62. The summed E-state index contributed by atoms with van der Waals surface area (Å²) in [4.78, 5) is 26.2. The predicted molar refractivity (Wildman–Crippen MR) is 170 cm³/mol. The van der Waals surface area contributed by atoms with Gasteiger partial charge in [0.2, 0.25) is 11.8 Å². The molecule has 0 aliphatic carbocycles. The van der Waals surface area contributed by atoms with E-state index in [1.807, 2.05) is 48.5 Å². The lowest BCUT2D eigenvalue weighted by Gasteiger charge is -2.39. The molecule has 46 heavy (non-hydrogen) atoms. The number of fused-ring (bicyclic) bond motifs is 1. The van der Waals surface area contributed by atoms with Crippen molar-refractivity contribution in [1.82, 2.24) is 10.4 Å². The average Bonchev–Trinajstić information content (AvgIpc) is 3.09. The summed E-state index contributed by atoms with van der Waals surface area (Å²) in [5, 5.41) is 21.1. The van der Waals surface area contributed by atoms with E-state index in [0.717, 1.165) is 47.7 Å². The van der Waals surface area contributed by atoms with Crippen molar-refractivity contribution in [3.8, 4) is 11.5 Å². The maximum atomic E-state index is 12.6. The van der Waals surface area contributed by atoms with Gasteiger partial charge < -0.3 is 29.4 Å². The van der Waals surface area contributed by atoms with Gasteiger partial charge >= 0.3 is 0 Å². The van der Waals surface area contributed by atoms with E-state index in [1.54, 1.807) is 19.7 Å². The second-order valence-electron chi connectivity index (χ2n) is 11.7. The van der Waals surface area contributed by atoms with Gasteiger partial charge in [0.1, 0.15) is 0 Å². The lowest BCUT2D eigenvalue weighted by molar-refractivity contribution is -0.253. The fourth-order valence-electron chi connectivity index (χ4n) is 6.03. The highest BCUT2D eigenvalue weighted by Crippen LogP contribution is 2.39. The van der Waals surface area contributed by atoms with Crippen molar-refractivity contribution in [2.24, 2.45) is 0 Å². The summed E-state index contributed by atoms with van der Waals surface area (Å²) in [7, 11) is 3.30. The highest BCUT2D eigenvalue weighted by Gasteiger charge is 2.34. The fraction of sp³-hybridized carbons (Fsp3) is 0.429. The number of amides is 2. The Morgan fingerprint density at radius 2 is 1.63 bits per heavy atom. The van der Waals surface area contributed by atoms with Crippen LogP contribution in [0.15, 0.2) is 60.7 Å². The third-order valence-corrected chi connectivity index (χ3v) is 8.50. The normalized spacial score (nSPS) is 19.6. The number of carbonyl (C=O) groups is 2. The first-order valence-electron chi connectivity index (χ1n) is 15.7. The SMILES string of the molecule is COc1cc2c(cc1OC)CN(CC1CC(c3ccc(CO)cc3)OC(c3cccc(NC(=O)CCCCC(=O)NO)c3)O1)CC2. The number of benzene rings is 3. The Bertz CT molecular complexity index is 1480. The van der Waals surface area contributed by atoms with E-state index < -0.39 is 12.2 Å². The van der Waals surface area contributed by atoms with Crippen molar-refractivity contribution in [3.05, 3.63) is 88.5 Å². The highest BCUT2D eigenvalue weighted by atomic mass is 16.7. The number of nitrogens with zero attached hydrogens (tertiary/aromatic N) is 1. The molecule has 2 amide bonds. The molecule has 1 fully saturated rings. The molecule has 1 saturated heterocycles. The predicted octanol–water partition coefficient (Wildman–Crippen LogP) is 4.80. The molecule has 0 radical (unpaired) electrons. The maximum Gasteiger partial charge on any atom is 0.243 e. The summed E-state index contributed by atoms with van der Waals surface area (Å²) < 4.78 is 24.2. The van der Waals surface area contributed by atoms with E-state index >= 15 is 0 Å². The van der Waals surface area contributed by atoms with Crippen LogP contribution in [0.25, 0.3) is 0 Å². The van der Waals surface area contributed by atoms with Gasteiger partial charge in [-0.2, -0.15) is 0 Å². The van der Waals surface area contributed by atoms with E-state index in [0.29, 0.717) is 31.5 Å². The van der Waals surface area contributed by atoms with E-state index in [4.69, 9.17) is 24.2 Å². The summed E-state index contributed by atoms with van der Waals surface area (Å²) in [6.07, 6.45) is 1.98. The van der Waals surface area contributed by atoms with Gasteiger partial charge in [-0.1, -0.05) is 36.4 Å². The second kappa shape index (κ2) is 16.0. The number of nitrogens with one attached hydrogen (secondary N) is 2. The Kier molecular flexibility index (Phi) is 11.6. The number of hydrogen-bond acceptors (Lipinski definition) is 9. The molecule has 3 aromatic rings. The molecular weight excluding hydrogens is 590 g/mol. The molecule has 0 aromatic heterocycles. The van der Waals surface area contributed by atoms with Crippen LogP contribution in [0.4, 0.5) is 5.69 Å². The van der Waals surface area contributed by atoms with Gasteiger partial charge in [0.25, 0.3) is 0 Å². The van der Waals surface area contributed by atoms with Crippen LogP contribution in [0.1, 0.15) is 72.3 Å². The van der Waals surface area contributed by atoms with Crippen molar-refractivity contribution in [2.75, 3.05) is 32.6 Å². The first-order valence-corrected chi connectivity index (χ1v) is 15.7. The molecule has 3 aromatic carbocycles. The first-order chi connectivity index (χ1) is 22.4. The number of hydroxylamine groups is 1. The van der Waals surface area contributed by atoms with Crippen molar-refractivity contribution < 1.29 is 38.9 Å². The lowest BCUT2D eigenvalue weighted by Crippen LogP contribution is -2.41. The topological polar surface area (TPSA) is 139 Å². The van der Waals surface area contributed by atoms with Crippen LogP contribution < -0.4 is 20.3 Å². The second-order valence-corrected chi connectivity index (χ2v) is 11.7. The number of carbonyl (C=O) groups excluding carboxylic acids is 2. The van der Waals surface area contributed by atoms with Gasteiger partial charge in [0.15, 0.2) is 17.8 Å².